The second kappa shape index (κ2) is 10.1. The number of hydrogen-bond donors (Lipinski definition) is 0. The maximum absolute atomic E-state index is 12.9. The van der Waals surface area contributed by atoms with Gasteiger partial charge in [0.2, 0.25) is 0 Å². The minimum Gasteiger partial charge on any atom is -0.497 e. The summed E-state index contributed by atoms with van der Waals surface area (Å²) in [6.45, 7) is 12.5. The largest absolute Gasteiger partial charge is 0.497 e. The summed E-state index contributed by atoms with van der Waals surface area (Å²) < 4.78 is 18.1. The third-order valence-corrected chi connectivity index (χ3v) is 12.8. The first kappa shape index (κ1) is 27.6. The topological polar surface area (TPSA) is 48.1 Å². The van der Waals surface area contributed by atoms with E-state index in [2.05, 4.69) is 34.6 Å². The zero-order valence-electron chi connectivity index (χ0n) is 25.3. The number of fused-ring (bicyclic) bond motifs is 4. The highest BCUT2D eigenvalue weighted by Gasteiger charge is 2.76. The van der Waals surface area contributed by atoms with Crippen LogP contribution in [0.15, 0.2) is 24.3 Å². The summed E-state index contributed by atoms with van der Waals surface area (Å²) in [5, 5.41) is 0. The lowest BCUT2D eigenvalue weighted by molar-refractivity contribution is -0.118. The monoisotopic (exact) mass is 536 g/mol. The molecule has 1 aliphatic heterocycles. The number of benzene rings is 1. The minimum absolute atomic E-state index is 0.0503. The Hall–Kier alpha value is -1.55. The highest BCUT2D eigenvalue weighted by molar-refractivity contribution is 5.89. The molecule has 1 aromatic rings. The fourth-order valence-corrected chi connectivity index (χ4v) is 10.7. The van der Waals surface area contributed by atoms with Gasteiger partial charge in [-0.2, -0.15) is 0 Å². The molecule has 0 aromatic heterocycles. The predicted octanol–water partition coefficient (Wildman–Crippen LogP) is 8.47. The summed E-state index contributed by atoms with van der Waals surface area (Å²) in [4.78, 5) is 12.9. The van der Waals surface area contributed by atoms with Crippen molar-refractivity contribution in [1.29, 1.82) is 0 Å². The first-order chi connectivity index (χ1) is 18.6. The van der Waals surface area contributed by atoms with Crippen molar-refractivity contribution in [2.45, 2.75) is 123 Å². The van der Waals surface area contributed by atoms with E-state index in [0.29, 0.717) is 17.1 Å². The number of hydrogen-bond acceptors (Lipinski definition) is 4. The lowest BCUT2D eigenvalue weighted by Crippen LogP contribution is -2.59. The van der Waals surface area contributed by atoms with Gasteiger partial charge in [-0.1, -0.05) is 53.9 Å². The molecule has 0 N–H and O–H groups in total. The Morgan fingerprint density at radius 3 is 2.49 bits per heavy atom. The minimum atomic E-state index is -0.221. The molecule has 4 heteroatoms. The van der Waals surface area contributed by atoms with Crippen LogP contribution in [0.25, 0.3) is 0 Å². The van der Waals surface area contributed by atoms with Crippen molar-refractivity contribution in [2.24, 2.45) is 46.3 Å². The van der Waals surface area contributed by atoms with E-state index in [0.717, 1.165) is 60.5 Å². The van der Waals surface area contributed by atoms with E-state index in [1.54, 1.807) is 19.2 Å². The summed E-state index contributed by atoms with van der Waals surface area (Å²) in [6.07, 6.45) is 14.3. The Balaban J connectivity index is 1.12. The van der Waals surface area contributed by atoms with Crippen LogP contribution < -0.4 is 4.74 Å². The number of epoxide rings is 1. The third-order valence-electron chi connectivity index (χ3n) is 12.8. The Morgan fingerprint density at radius 2 is 1.77 bits per heavy atom. The van der Waals surface area contributed by atoms with Crippen LogP contribution in [0.2, 0.25) is 0 Å². The van der Waals surface area contributed by atoms with Crippen molar-refractivity contribution in [3.63, 3.8) is 0 Å². The highest BCUT2D eigenvalue weighted by atomic mass is 16.6. The van der Waals surface area contributed by atoms with Crippen LogP contribution in [0.5, 0.6) is 5.75 Å². The third kappa shape index (κ3) is 4.46. The number of carbonyl (C=O) groups excluding carboxylic acids is 1. The molecule has 216 valence electrons. The number of esters is 1. The lowest BCUT2D eigenvalue weighted by atomic mass is 9.44. The van der Waals surface area contributed by atoms with Crippen molar-refractivity contribution in [3.05, 3.63) is 29.8 Å². The summed E-state index contributed by atoms with van der Waals surface area (Å²) >= 11 is 0. The molecule has 0 unspecified atom stereocenters. The average molecular weight is 537 g/mol. The first-order valence-corrected chi connectivity index (χ1v) is 16.1. The van der Waals surface area contributed by atoms with Gasteiger partial charge in [0.05, 0.1) is 18.8 Å². The standard InChI is InChI=1S/C35H52O4/c1-22(2)8-7-9-23(3)28-14-15-29-27-20-31-35(39-31)21-26(38-32(36)24-10-12-25(37-6)13-11-24)16-19-34(35,5)30(27)17-18-33(28,29)4/h10-13,22-23,26-31H,7-9,14-21H2,1-6H3/t23-,26-,27+,28-,29+,30+,31-,33-,34+,35-/m0/s1. The molecule has 5 fully saturated rings. The molecule has 1 heterocycles. The fraction of sp³-hybridized carbons (Fsp3) is 0.800. The van der Waals surface area contributed by atoms with Crippen molar-refractivity contribution in [3.8, 4) is 5.75 Å². The summed E-state index contributed by atoms with van der Waals surface area (Å²) in [5.74, 6) is 5.51. The summed E-state index contributed by atoms with van der Waals surface area (Å²) in [5.41, 5.74) is 1.24. The Labute approximate surface area is 236 Å². The molecule has 1 aromatic carbocycles. The van der Waals surface area contributed by atoms with Gasteiger partial charge in [0, 0.05) is 11.8 Å². The Morgan fingerprint density at radius 1 is 1.00 bits per heavy atom. The van der Waals surface area contributed by atoms with E-state index < -0.39 is 0 Å². The van der Waals surface area contributed by atoms with Crippen molar-refractivity contribution in [2.75, 3.05) is 7.11 Å². The Bertz CT molecular complexity index is 1050. The predicted molar refractivity (Wildman–Crippen MR) is 155 cm³/mol. The second-order valence-electron chi connectivity index (χ2n) is 15.1. The molecule has 0 radical (unpaired) electrons. The normalized spacial score (nSPS) is 43.1. The van der Waals surface area contributed by atoms with Gasteiger partial charge in [0.25, 0.3) is 0 Å². The van der Waals surface area contributed by atoms with E-state index >= 15 is 0 Å². The SMILES string of the molecule is COc1ccc(C(=O)O[C@H]2CC[C@]3(C)[C@@H]4CC[C@]5(C)[C@H](CC[C@H]5[C@@H](C)CCCC(C)C)[C@H]4C[C@@H]4O[C@@]43C2)cc1. The molecule has 4 saturated carbocycles. The van der Waals surface area contributed by atoms with Gasteiger partial charge in [-0.15, -0.1) is 0 Å². The van der Waals surface area contributed by atoms with Gasteiger partial charge in [0.15, 0.2) is 0 Å². The van der Waals surface area contributed by atoms with E-state index in [1.807, 2.05) is 12.1 Å². The molecule has 5 aliphatic rings. The van der Waals surface area contributed by atoms with Crippen LogP contribution in [0, 0.1) is 46.3 Å². The van der Waals surface area contributed by atoms with Crippen LogP contribution in [0.1, 0.15) is 116 Å². The molecule has 1 spiro atoms. The van der Waals surface area contributed by atoms with Crippen LogP contribution >= 0.6 is 0 Å². The van der Waals surface area contributed by atoms with E-state index in [-0.39, 0.29) is 23.1 Å². The molecule has 1 saturated heterocycles. The summed E-state index contributed by atoms with van der Waals surface area (Å²) in [6, 6.07) is 7.25. The molecule has 6 rings (SSSR count). The van der Waals surface area contributed by atoms with E-state index in [4.69, 9.17) is 14.2 Å². The first-order valence-electron chi connectivity index (χ1n) is 16.1. The molecular formula is C35H52O4. The number of ether oxygens (including phenoxy) is 3. The van der Waals surface area contributed by atoms with E-state index in [9.17, 15) is 4.79 Å². The van der Waals surface area contributed by atoms with Gasteiger partial charge in [-0.3, -0.25) is 0 Å². The molecule has 0 amide bonds. The average Bonchev–Trinajstić information content (AvgIpc) is 3.49. The number of rotatable bonds is 8. The van der Waals surface area contributed by atoms with Gasteiger partial charge >= 0.3 is 5.97 Å². The molecule has 10 atom stereocenters. The number of carbonyl (C=O) groups is 1. The van der Waals surface area contributed by atoms with Crippen LogP contribution in [0.4, 0.5) is 0 Å². The lowest BCUT2D eigenvalue weighted by Gasteiger charge is -2.59. The van der Waals surface area contributed by atoms with E-state index in [1.165, 1.54) is 51.4 Å². The smallest absolute Gasteiger partial charge is 0.338 e. The zero-order chi connectivity index (χ0) is 27.6. The molecule has 4 nitrogen and oxygen atoms in total. The maximum atomic E-state index is 12.9. The Kier molecular flexibility index (Phi) is 7.13. The zero-order valence-corrected chi connectivity index (χ0v) is 25.3. The van der Waals surface area contributed by atoms with Crippen LogP contribution in [-0.2, 0) is 9.47 Å². The molecule has 0 bridgehead atoms. The van der Waals surface area contributed by atoms with Crippen molar-refractivity contribution >= 4 is 5.97 Å². The second-order valence-corrected chi connectivity index (χ2v) is 15.1. The molecular weight excluding hydrogens is 484 g/mol. The summed E-state index contributed by atoms with van der Waals surface area (Å²) in [7, 11) is 1.64. The fourth-order valence-electron chi connectivity index (χ4n) is 10.7. The highest BCUT2D eigenvalue weighted by Crippen LogP contribution is 2.74. The van der Waals surface area contributed by atoms with Crippen LogP contribution in [-0.4, -0.2) is 30.9 Å². The van der Waals surface area contributed by atoms with Gasteiger partial charge in [0.1, 0.15) is 17.5 Å². The van der Waals surface area contributed by atoms with Crippen molar-refractivity contribution < 1.29 is 19.0 Å². The van der Waals surface area contributed by atoms with Crippen molar-refractivity contribution in [1.82, 2.24) is 0 Å². The molecule has 39 heavy (non-hydrogen) atoms. The quantitative estimate of drug-likeness (QED) is 0.247. The van der Waals surface area contributed by atoms with Crippen LogP contribution in [0.3, 0.4) is 0 Å². The maximum Gasteiger partial charge on any atom is 0.338 e. The van der Waals surface area contributed by atoms with Gasteiger partial charge in [-0.05, 0) is 110 Å². The van der Waals surface area contributed by atoms with Gasteiger partial charge < -0.3 is 14.2 Å². The van der Waals surface area contributed by atoms with Gasteiger partial charge in [-0.25, -0.2) is 4.79 Å². The molecule has 4 aliphatic carbocycles. The number of methoxy groups -OCH3 is 1.